The number of halogens is 3. The molecule has 6 nitrogen and oxygen atoms in total. The molecule has 0 aliphatic carbocycles. The van der Waals surface area contributed by atoms with E-state index in [1.54, 1.807) is 0 Å². The van der Waals surface area contributed by atoms with Crippen LogP contribution in [-0.4, -0.2) is 47.0 Å². The van der Waals surface area contributed by atoms with Crippen LogP contribution in [-0.2, 0) is 24.6 Å². The Morgan fingerprint density at radius 3 is 2.30 bits per heavy atom. The molecule has 0 saturated heterocycles. The normalized spacial score (nSPS) is 15.1. The molecule has 1 atom stereocenters. The van der Waals surface area contributed by atoms with Crippen LogP contribution in [0.25, 0.3) is 10.9 Å². The summed E-state index contributed by atoms with van der Waals surface area (Å²) in [7, 11) is -5.33. The molecule has 1 unspecified atom stereocenters. The van der Waals surface area contributed by atoms with Crippen LogP contribution in [0, 0.1) is 0 Å². The van der Waals surface area contributed by atoms with Gasteiger partial charge in [0.2, 0.25) is 5.60 Å². The summed E-state index contributed by atoms with van der Waals surface area (Å²) in [6.45, 7) is 5.65. The molecule has 0 spiro atoms. The van der Waals surface area contributed by atoms with Crippen molar-refractivity contribution in [1.29, 1.82) is 0 Å². The SMILES string of the molecule is COC(=O)c1ccnc2ccc(C(CC[Si](C)(C)C)(OS(C)(=O)=O)C(F)(F)F)cc12. The van der Waals surface area contributed by atoms with E-state index in [0.717, 1.165) is 19.2 Å². The Hall–Kier alpha value is -1.98. The number of carbonyl (C=O) groups is 1. The van der Waals surface area contributed by atoms with Crippen molar-refractivity contribution < 1.29 is 35.3 Å². The lowest BCUT2D eigenvalue weighted by atomic mass is 9.88. The maximum absolute atomic E-state index is 14.4. The van der Waals surface area contributed by atoms with Crippen LogP contribution < -0.4 is 0 Å². The van der Waals surface area contributed by atoms with Gasteiger partial charge in [0.15, 0.2) is 0 Å². The molecule has 2 aromatic rings. The van der Waals surface area contributed by atoms with Gasteiger partial charge < -0.3 is 4.74 Å². The predicted molar refractivity (Wildman–Crippen MR) is 110 cm³/mol. The fraction of sp³-hybridized carbons (Fsp3) is 0.474. The lowest BCUT2D eigenvalue weighted by molar-refractivity contribution is -0.254. The maximum Gasteiger partial charge on any atom is 0.423 e. The number of rotatable bonds is 7. The average Bonchev–Trinajstić information content (AvgIpc) is 2.61. The Morgan fingerprint density at radius 2 is 1.80 bits per heavy atom. The number of fused-ring (bicyclic) bond motifs is 1. The summed E-state index contributed by atoms with van der Waals surface area (Å²) in [6.07, 6.45) is -3.68. The number of aromatic nitrogens is 1. The van der Waals surface area contributed by atoms with Crippen molar-refractivity contribution in [2.24, 2.45) is 0 Å². The van der Waals surface area contributed by atoms with E-state index < -0.39 is 47.9 Å². The molecule has 0 saturated carbocycles. The lowest BCUT2D eigenvalue weighted by Crippen LogP contribution is -2.47. The van der Waals surface area contributed by atoms with Gasteiger partial charge in [-0.3, -0.25) is 4.98 Å². The van der Waals surface area contributed by atoms with Crippen molar-refractivity contribution in [2.75, 3.05) is 13.4 Å². The van der Waals surface area contributed by atoms with Gasteiger partial charge >= 0.3 is 12.1 Å². The molecule has 0 fully saturated rings. The van der Waals surface area contributed by atoms with Gasteiger partial charge in [-0.25, -0.2) is 8.98 Å². The molecule has 1 heterocycles. The zero-order valence-corrected chi connectivity index (χ0v) is 19.1. The Morgan fingerprint density at radius 1 is 1.17 bits per heavy atom. The molecule has 0 N–H and O–H groups in total. The molecule has 1 aromatic heterocycles. The van der Waals surface area contributed by atoms with Gasteiger partial charge in [0.05, 0.1) is 24.4 Å². The van der Waals surface area contributed by atoms with Crippen molar-refractivity contribution in [1.82, 2.24) is 4.98 Å². The molecule has 166 valence electrons. The molecule has 0 aliphatic heterocycles. The first-order chi connectivity index (χ1) is 13.6. The molecular formula is C19H24F3NO5SSi. The minimum atomic E-state index is -5.03. The highest BCUT2D eigenvalue weighted by Crippen LogP contribution is 2.48. The van der Waals surface area contributed by atoms with Crippen LogP contribution in [0.2, 0.25) is 25.7 Å². The summed E-state index contributed by atoms with van der Waals surface area (Å²) < 4.78 is 76.5. The lowest BCUT2D eigenvalue weighted by Gasteiger charge is -2.36. The van der Waals surface area contributed by atoms with Crippen LogP contribution >= 0.6 is 0 Å². The first kappa shape index (κ1) is 24.3. The number of methoxy groups -OCH3 is 1. The quantitative estimate of drug-likeness (QED) is 0.342. The van der Waals surface area contributed by atoms with Gasteiger partial charge in [-0.15, -0.1) is 0 Å². The fourth-order valence-corrected chi connectivity index (χ4v) is 4.97. The van der Waals surface area contributed by atoms with Crippen LogP contribution in [0.3, 0.4) is 0 Å². The summed E-state index contributed by atoms with van der Waals surface area (Å²) in [5.74, 6) is -0.747. The number of benzene rings is 1. The van der Waals surface area contributed by atoms with Gasteiger partial charge in [-0.05, 0) is 30.2 Å². The second-order valence-electron chi connectivity index (χ2n) is 8.25. The fourth-order valence-electron chi connectivity index (χ4n) is 3.08. The van der Waals surface area contributed by atoms with E-state index in [-0.39, 0.29) is 22.5 Å². The molecular weight excluding hydrogens is 439 g/mol. The van der Waals surface area contributed by atoms with E-state index in [1.165, 1.54) is 18.3 Å². The Balaban J connectivity index is 2.82. The Kier molecular flexibility index (Phi) is 6.70. The number of pyridine rings is 1. The van der Waals surface area contributed by atoms with Gasteiger partial charge in [0.1, 0.15) is 0 Å². The Labute approximate surface area is 174 Å². The van der Waals surface area contributed by atoms with Crippen LogP contribution in [0.1, 0.15) is 22.3 Å². The number of carbonyl (C=O) groups excluding carboxylic acids is 1. The van der Waals surface area contributed by atoms with Crippen molar-refractivity contribution >= 4 is 35.1 Å². The van der Waals surface area contributed by atoms with Crippen LogP contribution in [0.5, 0.6) is 0 Å². The smallest absolute Gasteiger partial charge is 0.423 e. The van der Waals surface area contributed by atoms with Gasteiger partial charge in [-0.2, -0.15) is 21.6 Å². The average molecular weight is 464 g/mol. The molecule has 0 amide bonds. The van der Waals surface area contributed by atoms with E-state index in [1.807, 2.05) is 19.6 Å². The Bertz CT molecular complexity index is 1050. The number of nitrogens with zero attached hydrogens (tertiary/aromatic N) is 1. The number of esters is 1. The number of hydrogen-bond acceptors (Lipinski definition) is 6. The first-order valence-corrected chi connectivity index (χ1v) is 14.6. The van der Waals surface area contributed by atoms with Gasteiger partial charge in [0, 0.05) is 19.7 Å². The van der Waals surface area contributed by atoms with Crippen LogP contribution in [0.4, 0.5) is 13.2 Å². The molecule has 1 aromatic carbocycles. The zero-order chi connectivity index (χ0) is 23.0. The third-order valence-corrected chi connectivity index (χ3v) is 6.93. The zero-order valence-electron chi connectivity index (χ0n) is 17.3. The third-order valence-electron chi connectivity index (χ3n) is 4.59. The topological polar surface area (TPSA) is 82.6 Å². The van der Waals surface area contributed by atoms with Crippen molar-refractivity contribution in [2.45, 2.75) is 43.9 Å². The highest BCUT2D eigenvalue weighted by atomic mass is 32.2. The molecule has 11 heteroatoms. The second kappa shape index (κ2) is 8.27. The van der Waals surface area contributed by atoms with E-state index >= 15 is 0 Å². The highest BCUT2D eigenvalue weighted by Gasteiger charge is 2.59. The summed E-state index contributed by atoms with van der Waals surface area (Å²) in [6, 6.07) is 5.04. The van der Waals surface area contributed by atoms with Gasteiger partial charge in [-0.1, -0.05) is 31.8 Å². The first-order valence-electron chi connectivity index (χ1n) is 9.04. The van der Waals surface area contributed by atoms with Crippen molar-refractivity contribution in [3.05, 3.63) is 41.6 Å². The maximum atomic E-state index is 14.4. The molecule has 30 heavy (non-hydrogen) atoms. The summed E-state index contributed by atoms with van der Waals surface area (Å²) in [4.78, 5) is 16.1. The molecule has 0 radical (unpaired) electrons. The largest absolute Gasteiger partial charge is 0.465 e. The minimum absolute atomic E-state index is 0.0185. The second-order valence-corrected chi connectivity index (χ2v) is 15.5. The van der Waals surface area contributed by atoms with E-state index in [0.29, 0.717) is 6.26 Å². The third kappa shape index (κ3) is 5.38. The number of ether oxygens (including phenoxy) is 1. The summed E-state index contributed by atoms with van der Waals surface area (Å²) in [5.41, 5.74) is -3.21. The van der Waals surface area contributed by atoms with Crippen molar-refractivity contribution in [3.8, 4) is 0 Å². The van der Waals surface area contributed by atoms with E-state index in [2.05, 4.69) is 4.98 Å². The number of alkyl halides is 3. The molecule has 0 bridgehead atoms. The minimum Gasteiger partial charge on any atom is -0.465 e. The summed E-state index contributed by atoms with van der Waals surface area (Å²) >= 11 is 0. The predicted octanol–water partition coefficient (Wildman–Crippen LogP) is 4.48. The highest BCUT2D eigenvalue weighted by molar-refractivity contribution is 7.86. The monoisotopic (exact) mass is 463 g/mol. The molecule has 2 rings (SSSR count). The summed E-state index contributed by atoms with van der Waals surface area (Å²) in [5, 5.41) is 0.112. The standard InChI is InChI=1S/C19H24F3NO5SSi/c1-27-17(24)14-8-10-23-16-7-6-13(12-15(14)16)18(19(20,21)22,28-29(2,25)26)9-11-30(3,4)5/h6-8,10,12H,9,11H2,1-5H3. The van der Waals surface area contributed by atoms with E-state index in [4.69, 9.17) is 8.92 Å². The van der Waals surface area contributed by atoms with E-state index in [9.17, 15) is 26.4 Å². The number of hydrogen-bond donors (Lipinski definition) is 0. The van der Waals surface area contributed by atoms with Crippen molar-refractivity contribution in [3.63, 3.8) is 0 Å². The van der Waals surface area contributed by atoms with Crippen LogP contribution in [0.15, 0.2) is 30.5 Å². The molecule has 0 aliphatic rings. The van der Waals surface area contributed by atoms with Gasteiger partial charge in [0.25, 0.3) is 10.1 Å².